The number of carbonyl (C=O) groups excluding carboxylic acids is 2. The molecule has 0 saturated carbocycles. The Hall–Kier alpha value is -2.18. The molecule has 0 aliphatic heterocycles. The maximum Gasteiger partial charge on any atom is 0.305 e. The maximum atomic E-state index is 12.5. The highest BCUT2D eigenvalue weighted by Gasteiger charge is 2.18. The molecular formula is C62H115NO5. The van der Waals surface area contributed by atoms with Gasteiger partial charge in [0.05, 0.1) is 25.4 Å². The van der Waals surface area contributed by atoms with E-state index in [-0.39, 0.29) is 18.5 Å². The standard InChI is InChI=1S/C62H115NO5/c1-3-5-7-9-11-13-15-17-19-21-23-25-26-28-30-34-38-42-46-50-54-60(65)59(58-64)63-61(66)55-51-47-43-39-35-32-33-37-41-45-49-53-57-68-62(67)56-52-48-44-40-36-31-29-27-24-22-20-18-16-14-12-10-8-6-4-2/h12,14,18,20,33,37,50,54,59-60,64-65H,3-11,13,15-17,19,21-32,34-36,38-49,51-53,55-58H2,1-2H3,(H,63,66)/b14-12-,20-18-,37-33-,54-50+. The second kappa shape index (κ2) is 57.4. The lowest BCUT2D eigenvalue weighted by molar-refractivity contribution is -0.143. The molecule has 6 heteroatoms. The number of carbonyl (C=O) groups is 2. The van der Waals surface area contributed by atoms with Crippen molar-refractivity contribution in [1.82, 2.24) is 5.32 Å². The van der Waals surface area contributed by atoms with Gasteiger partial charge >= 0.3 is 5.97 Å². The fourth-order valence-electron chi connectivity index (χ4n) is 8.95. The third-order valence-electron chi connectivity index (χ3n) is 13.6. The number of aliphatic hydroxyl groups is 2. The summed E-state index contributed by atoms with van der Waals surface area (Å²) >= 11 is 0. The van der Waals surface area contributed by atoms with Crippen LogP contribution in [0.4, 0.5) is 0 Å². The zero-order valence-electron chi connectivity index (χ0n) is 45.3. The summed E-state index contributed by atoms with van der Waals surface area (Å²) in [7, 11) is 0. The second-order valence-corrected chi connectivity index (χ2v) is 20.3. The molecule has 0 bridgehead atoms. The van der Waals surface area contributed by atoms with Crippen molar-refractivity contribution in [3.8, 4) is 0 Å². The fraction of sp³-hybridized carbons (Fsp3) is 0.839. The number of aliphatic hydroxyl groups excluding tert-OH is 2. The quantitative estimate of drug-likeness (QED) is 0.0321. The first-order chi connectivity index (χ1) is 33.5. The van der Waals surface area contributed by atoms with E-state index in [0.29, 0.717) is 19.4 Å². The summed E-state index contributed by atoms with van der Waals surface area (Å²) in [6.45, 7) is 4.83. The highest BCUT2D eigenvalue weighted by atomic mass is 16.5. The van der Waals surface area contributed by atoms with E-state index in [0.717, 1.165) is 89.9 Å². The van der Waals surface area contributed by atoms with Gasteiger partial charge in [-0.15, -0.1) is 0 Å². The normalized spacial score (nSPS) is 12.9. The molecule has 68 heavy (non-hydrogen) atoms. The Morgan fingerprint density at radius 2 is 0.735 bits per heavy atom. The Morgan fingerprint density at radius 3 is 1.16 bits per heavy atom. The second-order valence-electron chi connectivity index (χ2n) is 20.3. The van der Waals surface area contributed by atoms with Crippen molar-refractivity contribution in [2.24, 2.45) is 0 Å². The van der Waals surface area contributed by atoms with Gasteiger partial charge in [0.2, 0.25) is 5.91 Å². The molecule has 0 fully saturated rings. The van der Waals surface area contributed by atoms with Crippen LogP contribution in [0.2, 0.25) is 0 Å². The number of nitrogens with one attached hydrogen (secondary N) is 1. The van der Waals surface area contributed by atoms with Crippen LogP contribution in [-0.2, 0) is 14.3 Å². The first kappa shape index (κ1) is 65.8. The average molecular weight is 955 g/mol. The zero-order valence-corrected chi connectivity index (χ0v) is 45.3. The van der Waals surface area contributed by atoms with Crippen LogP contribution in [-0.4, -0.2) is 47.4 Å². The third kappa shape index (κ3) is 53.2. The molecule has 398 valence electrons. The van der Waals surface area contributed by atoms with Gasteiger partial charge in [0.25, 0.3) is 0 Å². The third-order valence-corrected chi connectivity index (χ3v) is 13.6. The lowest BCUT2D eigenvalue weighted by Crippen LogP contribution is -2.45. The predicted molar refractivity (Wildman–Crippen MR) is 296 cm³/mol. The molecule has 6 nitrogen and oxygen atoms in total. The Kier molecular flexibility index (Phi) is 55.6. The highest BCUT2D eigenvalue weighted by molar-refractivity contribution is 5.76. The molecule has 0 heterocycles. The number of hydrogen-bond donors (Lipinski definition) is 3. The highest BCUT2D eigenvalue weighted by Crippen LogP contribution is 2.16. The molecule has 0 aromatic heterocycles. The lowest BCUT2D eigenvalue weighted by atomic mass is 10.0. The van der Waals surface area contributed by atoms with Crippen LogP contribution < -0.4 is 5.32 Å². The molecule has 0 aromatic rings. The van der Waals surface area contributed by atoms with Gasteiger partial charge in [-0.3, -0.25) is 9.59 Å². The summed E-state index contributed by atoms with van der Waals surface area (Å²) in [5.74, 6) is -0.121. The van der Waals surface area contributed by atoms with Gasteiger partial charge in [-0.2, -0.15) is 0 Å². The van der Waals surface area contributed by atoms with Crippen LogP contribution in [0.25, 0.3) is 0 Å². The van der Waals surface area contributed by atoms with Crippen LogP contribution in [0.5, 0.6) is 0 Å². The van der Waals surface area contributed by atoms with Crippen molar-refractivity contribution in [2.75, 3.05) is 13.2 Å². The van der Waals surface area contributed by atoms with Gasteiger partial charge in [0, 0.05) is 12.8 Å². The number of ether oxygens (including phenoxy) is 1. The maximum absolute atomic E-state index is 12.5. The van der Waals surface area contributed by atoms with Crippen LogP contribution in [0.1, 0.15) is 309 Å². The van der Waals surface area contributed by atoms with Gasteiger partial charge in [-0.05, 0) is 96.3 Å². The van der Waals surface area contributed by atoms with E-state index >= 15 is 0 Å². The smallest absolute Gasteiger partial charge is 0.305 e. The molecule has 2 unspecified atom stereocenters. The summed E-state index contributed by atoms with van der Waals surface area (Å²) in [6.07, 6.45) is 72.8. The summed E-state index contributed by atoms with van der Waals surface area (Å²) in [5.41, 5.74) is 0. The molecule has 0 aliphatic rings. The van der Waals surface area contributed by atoms with E-state index in [1.807, 2.05) is 6.08 Å². The number of esters is 1. The number of unbranched alkanes of at least 4 members (excludes halogenated alkanes) is 38. The minimum atomic E-state index is -0.863. The van der Waals surface area contributed by atoms with Crippen LogP contribution in [0, 0.1) is 0 Å². The van der Waals surface area contributed by atoms with E-state index in [2.05, 4.69) is 55.6 Å². The summed E-state index contributed by atoms with van der Waals surface area (Å²) in [4.78, 5) is 24.6. The van der Waals surface area contributed by atoms with Crippen molar-refractivity contribution in [1.29, 1.82) is 0 Å². The lowest BCUT2D eigenvalue weighted by Gasteiger charge is -2.20. The molecule has 1 amide bonds. The molecule has 0 radical (unpaired) electrons. The molecule has 2 atom stereocenters. The molecule has 0 saturated heterocycles. The van der Waals surface area contributed by atoms with Gasteiger partial charge in [-0.25, -0.2) is 0 Å². The van der Waals surface area contributed by atoms with E-state index in [1.165, 1.54) is 193 Å². The zero-order chi connectivity index (χ0) is 49.3. The minimum Gasteiger partial charge on any atom is -0.466 e. The molecule has 0 spiro atoms. The van der Waals surface area contributed by atoms with Crippen molar-refractivity contribution < 1.29 is 24.5 Å². The largest absolute Gasteiger partial charge is 0.466 e. The first-order valence-corrected chi connectivity index (χ1v) is 29.9. The van der Waals surface area contributed by atoms with Crippen molar-refractivity contribution in [2.45, 2.75) is 321 Å². The van der Waals surface area contributed by atoms with Gasteiger partial charge in [-0.1, -0.05) is 249 Å². The number of hydrogen-bond acceptors (Lipinski definition) is 5. The Balaban J connectivity index is 3.53. The van der Waals surface area contributed by atoms with Crippen LogP contribution in [0.3, 0.4) is 0 Å². The minimum absolute atomic E-state index is 0.0282. The molecular weight excluding hydrogens is 839 g/mol. The van der Waals surface area contributed by atoms with Gasteiger partial charge in [0.1, 0.15) is 0 Å². The SMILES string of the molecule is CCCCC/C=C\C/C=C\CCCCCCCCCCCC(=O)OCCCCC/C=C\CCCCCCCC(=O)NC(CO)C(O)/C=C/CCCCCCCCCCCCCCCCCCCC. The summed E-state index contributed by atoms with van der Waals surface area (Å²) < 4.78 is 5.46. The van der Waals surface area contributed by atoms with Crippen LogP contribution >= 0.6 is 0 Å². The Labute approximate surface area is 423 Å². The number of rotatable bonds is 55. The van der Waals surface area contributed by atoms with Crippen molar-refractivity contribution in [3.63, 3.8) is 0 Å². The topological polar surface area (TPSA) is 95.9 Å². The summed E-state index contributed by atoms with van der Waals surface area (Å²) in [6, 6.07) is -0.649. The van der Waals surface area contributed by atoms with E-state index < -0.39 is 12.1 Å². The van der Waals surface area contributed by atoms with E-state index in [4.69, 9.17) is 4.74 Å². The van der Waals surface area contributed by atoms with Crippen molar-refractivity contribution in [3.05, 3.63) is 48.6 Å². The Bertz CT molecular complexity index is 1150. The molecule has 0 aromatic carbocycles. The molecule has 0 rings (SSSR count). The molecule has 0 aliphatic carbocycles. The van der Waals surface area contributed by atoms with Crippen LogP contribution in [0.15, 0.2) is 48.6 Å². The first-order valence-electron chi connectivity index (χ1n) is 29.9. The van der Waals surface area contributed by atoms with Crippen molar-refractivity contribution >= 4 is 11.9 Å². The Morgan fingerprint density at radius 1 is 0.412 bits per heavy atom. The molecule has 3 N–H and O–H groups in total. The van der Waals surface area contributed by atoms with Gasteiger partial charge in [0.15, 0.2) is 0 Å². The number of allylic oxidation sites excluding steroid dienone is 7. The van der Waals surface area contributed by atoms with Gasteiger partial charge < -0.3 is 20.3 Å². The average Bonchev–Trinajstić information content (AvgIpc) is 3.34. The fourth-order valence-corrected chi connectivity index (χ4v) is 8.95. The monoisotopic (exact) mass is 954 g/mol. The van der Waals surface area contributed by atoms with E-state index in [9.17, 15) is 19.8 Å². The predicted octanol–water partition coefficient (Wildman–Crippen LogP) is 18.6. The summed E-state index contributed by atoms with van der Waals surface area (Å²) in [5, 5.41) is 23.2. The number of amides is 1. The van der Waals surface area contributed by atoms with E-state index in [1.54, 1.807) is 6.08 Å².